The van der Waals surface area contributed by atoms with Gasteiger partial charge in [-0.05, 0) is 48.5 Å². The molecule has 0 radical (unpaired) electrons. The maximum Gasteiger partial charge on any atom is 1.00 e. The Kier molecular flexibility index (Phi) is 9.95. The summed E-state index contributed by atoms with van der Waals surface area (Å²) in [6.45, 7) is 0. The summed E-state index contributed by atoms with van der Waals surface area (Å²) in [6.07, 6.45) is 0. The molecule has 0 aromatic heterocycles. The van der Waals surface area contributed by atoms with Crippen LogP contribution in [0.5, 0.6) is 0 Å². The average Bonchev–Trinajstić information content (AvgIpc) is 2.90. The molecular formula is C32H20AlNa. The van der Waals surface area contributed by atoms with E-state index in [1.165, 1.54) is 0 Å². The minimum absolute atomic E-state index is 0. The third kappa shape index (κ3) is 7.90. The molecule has 0 aliphatic carbocycles. The molecule has 0 bridgehead atoms. The standard InChI is InChI=1S/4C8H5.Al.Na/c4*1-2-8-6-4-3-5-7-8;;/h4*3-7H;;/q;;;;-1;+1. The Bertz CT molecular complexity index is 1210. The molecule has 0 atom stereocenters. The first-order valence-corrected chi connectivity index (χ1v) is 13.1. The maximum atomic E-state index is 3.46. The fourth-order valence-corrected chi connectivity index (χ4v) is 5.03. The van der Waals surface area contributed by atoms with Crippen molar-refractivity contribution in [2.24, 2.45) is 0 Å². The largest absolute Gasteiger partial charge is 1.00 e. The first-order valence-electron chi connectivity index (χ1n) is 10.8. The SMILES string of the molecule is C(#[C][Al-]([C]#Cc1ccccc1)([C]#Cc1ccccc1)[C]#Cc1ccccc1)c1ccccc1.[Na+]. The maximum absolute atomic E-state index is 3.46. The van der Waals surface area contributed by atoms with Crippen molar-refractivity contribution in [2.75, 3.05) is 0 Å². The summed E-state index contributed by atoms with van der Waals surface area (Å²) < 4.78 is 0. The van der Waals surface area contributed by atoms with E-state index in [1.54, 1.807) is 0 Å². The van der Waals surface area contributed by atoms with Crippen LogP contribution in [0.2, 0.25) is 0 Å². The van der Waals surface area contributed by atoms with Crippen LogP contribution >= 0.6 is 0 Å². The molecule has 0 N–H and O–H groups in total. The van der Waals surface area contributed by atoms with Crippen molar-refractivity contribution in [3.63, 3.8) is 0 Å². The van der Waals surface area contributed by atoms with Crippen LogP contribution in [0.4, 0.5) is 0 Å². The normalized spacial score (nSPS) is 9.18. The quantitative estimate of drug-likeness (QED) is 0.283. The van der Waals surface area contributed by atoms with Crippen LogP contribution in [-0.2, 0) is 0 Å². The molecule has 34 heavy (non-hydrogen) atoms. The van der Waals surface area contributed by atoms with Gasteiger partial charge in [0.25, 0.3) is 0 Å². The van der Waals surface area contributed by atoms with Gasteiger partial charge in [-0.3, -0.25) is 0 Å². The van der Waals surface area contributed by atoms with Crippen LogP contribution in [0.3, 0.4) is 0 Å². The monoisotopic (exact) mass is 454 g/mol. The van der Waals surface area contributed by atoms with Crippen molar-refractivity contribution in [1.29, 1.82) is 0 Å². The van der Waals surface area contributed by atoms with Crippen LogP contribution in [-0.4, -0.2) is 13.1 Å². The zero-order valence-corrected chi connectivity index (χ0v) is 22.3. The van der Waals surface area contributed by atoms with Crippen LogP contribution in [0, 0.1) is 42.8 Å². The topological polar surface area (TPSA) is 0 Å². The van der Waals surface area contributed by atoms with Crippen LogP contribution in [0.25, 0.3) is 0 Å². The van der Waals surface area contributed by atoms with Gasteiger partial charge in [0.1, 0.15) is 0 Å². The summed E-state index contributed by atoms with van der Waals surface area (Å²) in [4.78, 5) is 13.8. The molecule has 0 nitrogen and oxygen atoms in total. The molecule has 0 saturated heterocycles. The average molecular weight is 454 g/mol. The third-order valence-corrected chi connectivity index (χ3v) is 7.14. The predicted octanol–water partition coefficient (Wildman–Crippen LogP) is 2.80. The molecular weight excluding hydrogens is 434 g/mol. The second-order valence-corrected chi connectivity index (χ2v) is 10.3. The molecule has 0 heterocycles. The van der Waals surface area contributed by atoms with Gasteiger partial charge >= 0.3 is 42.6 Å². The van der Waals surface area contributed by atoms with Gasteiger partial charge in [-0.15, -0.1) is 23.7 Å². The first-order chi connectivity index (χ1) is 16.3. The Balaban J connectivity index is 0.00000324. The van der Waals surface area contributed by atoms with Crippen molar-refractivity contribution in [2.45, 2.75) is 0 Å². The molecule has 152 valence electrons. The predicted molar refractivity (Wildman–Crippen MR) is 139 cm³/mol. The molecule has 0 fully saturated rings. The van der Waals surface area contributed by atoms with Crippen molar-refractivity contribution in [3.8, 4) is 42.8 Å². The first kappa shape index (κ1) is 25.3. The summed E-state index contributed by atoms with van der Waals surface area (Å²) in [5, 5.41) is 0. The Morgan fingerprint density at radius 2 is 0.529 bits per heavy atom. The summed E-state index contributed by atoms with van der Waals surface area (Å²) in [5.41, 5.74) is 3.75. The molecule has 0 spiro atoms. The van der Waals surface area contributed by atoms with E-state index in [4.69, 9.17) is 0 Å². The zero-order chi connectivity index (χ0) is 22.6. The molecule has 0 saturated carbocycles. The van der Waals surface area contributed by atoms with E-state index in [2.05, 4.69) is 42.8 Å². The van der Waals surface area contributed by atoms with E-state index in [-0.39, 0.29) is 29.6 Å². The summed E-state index contributed by atoms with van der Waals surface area (Å²) in [6, 6.07) is 39.8. The summed E-state index contributed by atoms with van der Waals surface area (Å²) in [7, 11) is 0. The van der Waals surface area contributed by atoms with Gasteiger partial charge in [0, 0.05) is 22.3 Å². The second kappa shape index (κ2) is 13.4. The number of hydrogen-bond acceptors (Lipinski definition) is 0. The summed E-state index contributed by atoms with van der Waals surface area (Å²) in [5.74, 6) is 13.2. The van der Waals surface area contributed by atoms with E-state index in [0.29, 0.717) is 0 Å². The molecule has 4 aromatic carbocycles. The Morgan fingerprint density at radius 3 is 0.735 bits per heavy atom. The fraction of sp³-hybridized carbons (Fsp3) is 0. The molecule has 0 unspecified atom stereocenters. The van der Waals surface area contributed by atoms with E-state index >= 15 is 0 Å². The molecule has 0 amide bonds. The van der Waals surface area contributed by atoms with Crippen molar-refractivity contribution in [3.05, 3.63) is 144 Å². The van der Waals surface area contributed by atoms with Gasteiger partial charge in [-0.2, -0.15) is 0 Å². The van der Waals surface area contributed by atoms with Gasteiger partial charge in [-0.25, -0.2) is 0 Å². The van der Waals surface area contributed by atoms with Crippen LogP contribution in [0.15, 0.2) is 121 Å². The summed E-state index contributed by atoms with van der Waals surface area (Å²) >= 11 is -3.34. The van der Waals surface area contributed by atoms with Crippen LogP contribution < -0.4 is 29.6 Å². The van der Waals surface area contributed by atoms with Gasteiger partial charge in [0.2, 0.25) is 0 Å². The molecule has 0 aliphatic heterocycles. The Morgan fingerprint density at radius 1 is 0.324 bits per heavy atom. The molecule has 2 heteroatoms. The van der Waals surface area contributed by atoms with Crippen molar-refractivity contribution in [1.82, 2.24) is 0 Å². The second-order valence-electron chi connectivity index (χ2n) is 7.41. The number of hydrogen-bond donors (Lipinski definition) is 0. The Labute approximate surface area is 227 Å². The van der Waals surface area contributed by atoms with E-state index in [0.717, 1.165) is 22.3 Å². The van der Waals surface area contributed by atoms with E-state index < -0.39 is 13.1 Å². The van der Waals surface area contributed by atoms with Gasteiger partial charge in [0.05, 0.1) is 0 Å². The molecule has 4 aromatic rings. The fourth-order valence-electron chi connectivity index (χ4n) is 3.07. The van der Waals surface area contributed by atoms with Crippen LogP contribution in [0.1, 0.15) is 22.3 Å². The van der Waals surface area contributed by atoms with Crippen molar-refractivity contribution < 1.29 is 29.6 Å². The smallest absolute Gasteiger partial charge is 0.306 e. The molecule has 4 rings (SSSR count). The van der Waals surface area contributed by atoms with Gasteiger partial charge < -0.3 is 19.1 Å². The number of benzene rings is 4. The van der Waals surface area contributed by atoms with Gasteiger partial charge in [0.15, 0.2) is 0 Å². The third-order valence-electron chi connectivity index (χ3n) is 4.83. The van der Waals surface area contributed by atoms with E-state index in [9.17, 15) is 0 Å². The Hall–Kier alpha value is -3.35. The zero-order valence-electron chi connectivity index (χ0n) is 19.1. The van der Waals surface area contributed by atoms with Crippen molar-refractivity contribution >= 4 is 13.1 Å². The minimum Gasteiger partial charge on any atom is -0.306 e. The minimum atomic E-state index is -3.34. The molecule has 0 aliphatic rings. The number of rotatable bonds is 0. The van der Waals surface area contributed by atoms with E-state index in [1.807, 2.05) is 121 Å². The van der Waals surface area contributed by atoms with Gasteiger partial charge in [-0.1, -0.05) is 72.8 Å².